The number of benzene rings is 1. The highest BCUT2D eigenvalue weighted by atomic mass is 35.5. The minimum atomic E-state index is -0.157. The number of nitrogens with one attached hydrogen (secondary N) is 1. The predicted octanol–water partition coefficient (Wildman–Crippen LogP) is 2.30. The van der Waals surface area contributed by atoms with E-state index in [0.717, 1.165) is 12.0 Å². The van der Waals surface area contributed by atoms with Gasteiger partial charge in [-0.3, -0.25) is 4.79 Å². The fraction of sp³-hybridized carbons (Fsp3) is 0.462. The summed E-state index contributed by atoms with van der Waals surface area (Å²) < 4.78 is 5.41. The van der Waals surface area contributed by atoms with Gasteiger partial charge in [0.15, 0.2) is 6.61 Å². The van der Waals surface area contributed by atoms with Gasteiger partial charge in [0.05, 0.1) is 0 Å². The molecule has 1 rings (SSSR count). The molecule has 3 N–H and O–H groups in total. The van der Waals surface area contributed by atoms with Gasteiger partial charge >= 0.3 is 0 Å². The zero-order valence-electron chi connectivity index (χ0n) is 11.1. The van der Waals surface area contributed by atoms with Crippen LogP contribution in [0.5, 0.6) is 5.75 Å². The summed E-state index contributed by atoms with van der Waals surface area (Å²) in [5.41, 5.74) is 6.42. The third kappa shape index (κ3) is 6.66. The molecule has 1 aromatic rings. The van der Waals surface area contributed by atoms with Crippen LogP contribution in [-0.2, 0) is 4.79 Å². The van der Waals surface area contributed by atoms with Crippen molar-refractivity contribution in [3.63, 3.8) is 0 Å². The molecule has 0 saturated carbocycles. The molecule has 108 valence electrons. The van der Waals surface area contributed by atoms with Crippen LogP contribution in [0.3, 0.4) is 0 Å². The maximum absolute atomic E-state index is 11.5. The number of rotatable bonds is 6. The Morgan fingerprint density at radius 1 is 1.53 bits per heavy atom. The van der Waals surface area contributed by atoms with Gasteiger partial charge in [-0.05, 0) is 32.4 Å². The van der Waals surface area contributed by atoms with E-state index < -0.39 is 0 Å². The molecule has 0 radical (unpaired) electrons. The van der Waals surface area contributed by atoms with Crippen molar-refractivity contribution in [2.45, 2.75) is 26.3 Å². The standard InChI is InChI=1S/C13H19ClN2O2.ClH/c1-9(15)6-7-16-13(17)8-18-12-5-3-4-11(14)10(12)2;/h3-5,9H,6-8,15H2,1-2H3,(H,16,17);1H. The quantitative estimate of drug-likeness (QED) is 0.847. The topological polar surface area (TPSA) is 64.3 Å². The molecule has 1 amide bonds. The fourth-order valence-electron chi connectivity index (χ4n) is 1.38. The van der Waals surface area contributed by atoms with Gasteiger partial charge in [0.2, 0.25) is 0 Å². The molecule has 6 heteroatoms. The molecular weight excluding hydrogens is 287 g/mol. The summed E-state index contributed by atoms with van der Waals surface area (Å²) in [6, 6.07) is 5.45. The number of hydrogen-bond donors (Lipinski definition) is 2. The second-order valence-corrected chi connectivity index (χ2v) is 4.67. The Bertz CT molecular complexity index is 412. The number of hydrogen-bond acceptors (Lipinski definition) is 3. The molecule has 0 heterocycles. The van der Waals surface area contributed by atoms with Crippen molar-refractivity contribution in [3.05, 3.63) is 28.8 Å². The first kappa shape index (κ1) is 18.0. The second-order valence-electron chi connectivity index (χ2n) is 4.27. The first-order valence-electron chi connectivity index (χ1n) is 5.91. The van der Waals surface area contributed by atoms with E-state index in [2.05, 4.69) is 5.32 Å². The Kier molecular flexibility index (Phi) is 8.56. The van der Waals surface area contributed by atoms with E-state index in [0.29, 0.717) is 17.3 Å². The molecule has 0 saturated heterocycles. The predicted molar refractivity (Wildman–Crippen MR) is 80.2 cm³/mol. The molecule has 0 aliphatic rings. The van der Waals surface area contributed by atoms with Crippen molar-refractivity contribution in [2.24, 2.45) is 5.73 Å². The van der Waals surface area contributed by atoms with Gasteiger partial charge in [0.1, 0.15) is 5.75 Å². The van der Waals surface area contributed by atoms with Gasteiger partial charge < -0.3 is 15.8 Å². The molecule has 0 bridgehead atoms. The molecule has 0 aromatic heterocycles. The molecule has 4 nitrogen and oxygen atoms in total. The van der Waals surface area contributed by atoms with Crippen LogP contribution in [0.15, 0.2) is 18.2 Å². The van der Waals surface area contributed by atoms with Crippen LogP contribution in [0.4, 0.5) is 0 Å². The average Bonchev–Trinajstić information content (AvgIpc) is 2.30. The molecule has 1 atom stereocenters. The monoisotopic (exact) mass is 306 g/mol. The van der Waals surface area contributed by atoms with E-state index in [1.807, 2.05) is 13.8 Å². The Morgan fingerprint density at radius 3 is 2.84 bits per heavy atom. The first-order chi connectivity index (χ1) is 8.50. The zero-order chi connectivity index (χ0) is 13.5. The SMILES string of the molecule is Cc1c(Cl)cccc1OCC(=O)NCCC(C)N.Cl. The number of nitrogens with two attached hydrogens (primary N) is 1. The Morgan fingerprint density at radius 2 is 2.21 bits per heavy atom. The molecule has 0 aliphatic carbocycles. The van der Waals surface area contributed by atoms with E-state index >= 15 is 0 Å². The largest absolute Gasteiger partial charge is 0.483 e. The van der Waals surface area contributed by atoms with Gasteiger partial charge in [-0.25, -0.2) is 0 Å². The van der Waals surface area contributed by atoms with Gasteiger partial charge in [-0.2, -0.15) is 0 Å². The minimum Gasteiger partial charge on any atom is -0.483 e. The van der Waals surface area contributed by atoms with Gasteiger partial charge in [0.25, 0.3) is 5.91 Å². The molecule has 19 heavy (non-hydrogen) atoms. The van der Waals surface area contributed by atoms with E-state index in [9.17, 15) is 4.79 Å². The zero-order valence-corrected chi connectivity index (χ0v) is 12.7. The summed E-state index contributed by atoms with van der Waals surface area (Å²) in [7, 11) is 0. The van der Waals surface area contributed by atoms with E-state index in [1.54, 1.807) is 18.2 Å². The van der Waals surface area contributed by atoms with Crippen LogP contribution in [-0.4, -0.2) is 25.1 Å². The molecule has 0 spiro atoms. The van der Waals surface area contributed by atoms with E-state index in [-0.39, 0.29) is 31.0 Å². The lowest BCUT2D eigenvalue weighted by molar-refractivity contribution is -0.123. The van der Waals surface area contributed by atoms with Crippen molar-refractivity contribution in [1.82, 2.24) is 5.32 Å². The molecule has 1 aromatic carbocycles. The van der Waals surface area contributed by atoms with Crippen LogP contribution in [0, 0.1) is 6.92 Å². The summed E-state index contributed by atoms with van der Waals surface area (Å²) >= 11 is 5.95. The molecule has 1 unspecified atom stereocenters. The summed E-state index contributed by atoms with van der Waals surface area (Å²) in [6.45, 7) is 4.30. The van der Waals surface area contributed by atoms with Crippen molar-refractivity contribution in [2.75, 3.05) is 13.2 Å². The number of ether oxygens (including phenoxy) is 1. The third-order valence-corrected chi connectivity index (χ3v) is 2.91. The average molecular weight is 307 g/mol. The maximum Gasteiger partial charge on any atom is 0.257 e. The summed E-state index contributed by atoms with van der Waals surface area (Å²) in [5.74, 6) is 0.472. The lowest BCUT2D eigenvalue weighted by atomic mass is 10.2. The van der Waals surface area contributed by atoms with Crippen LogP contribution < -0.4 is 15.8 Å². The lowest BCUT2D eigenvalue weighted by Crippen LogP contribution is -2.32. The summed E-state index contributed by atoms with van der Waals surface area (Å²) in [5, 5.41) is 3.37. The minimum absolute atomic E-state index is 0. The smallest absolute Gasteiger partial charge is 0.257 e. The van der Waals surface area contributed by atoms with Gasteiger partial charge in [-0.15, -0.1) is 12.4 Å². The summed E-state index contributed by atoms with van der Waals surface area (Å²) in [6.07, 6.45) is 0.752. The van der Waals surface area contributed by atoms with Crippen LogP contribution in [0.25, 0.3) is 0 Å². The number of halogens is 2. The first-order valence-corrected chi connectivity index (χ1v) is 6.28. The molecule has 0 aliphatic heterocycles. The van der Waals surface area contributed by atoms with Crippen LogP contribution >= 0.6 is 24.0 Å². The summed E-state index contributed by atoms with van der Waals surface area (Å²) in [4.78, 5) is 11.5. The lowest BCUT2D eigenvalue weighted by Gasteiger charge is -2.11. The van der Waals surface area contributed by atoms with Crippen molar-refractivity contribution < 1.29 is 9.53 Å². The Hall–Kier alpha value is -0.970. The van der Waals surface area contributed by atoms with Crippen molar-refractivity contribution in [1.29, 1.82) is 0 Å². The molecule has 0 fully saturated rings. The van der Waals surface area contributed by atoms with E-state index in [4.69, 9.17) is 22.1 Å². The maximum atomic E-state index is 11.5. The highest BCUT2D eigenvalue weighted by Crippen LogP contribution is 2.24. The number of carbonyl (C=O) groups excluding carboxylic acids is 1. The number of carbonyl (C=O) groups is 1. The highest BCUT2D eigenvalue weighted by molar-refractivity contribution is 6.31. The van der Waals surface area contributed by atoms with Crippen LogP contribution in [0.1, 0.15) is 18.9 Å². The van der Waals surface area contributed by atoms with Crippen LogP contribution in [0.2, 0.25) is 5.02 Å². The highest BCUT2D eigenvalue weighted by Gasteiger charge is 2.06. The number of amides is 1. The van der Waals surface area contributed by atoms with Gasteiger partial charge in [-0.1, -0.05) is 17.7 Å². The normalized spacial score (nSPS) is 11.4. The third-order valence-electron chi connectivity index (χ3n) is 2.50. The Balaban J connectivity index is 0.00000324. The second kappa shape index (κ2) is 9.02. The molecular formula is C13H20Cl2N2O2. The van der Waals surface area contributed by atoms with E-state index in [1.165, 1.54) is 0 Å². The fourth-order valence-corrected chi connectivity index (χ4v) is 1.54. The Labute approximate surface area is 125 Å². The van der Waals surface area contributed by atoms with Gasteiger partial charge in [0, 0.05) is 23.2 Å². The van der Waals surface area contributed by atoms with Crippen molar-refractivity contribution in [3.8, 4) is 5.75 Å². The van der Waals surface area contributed by atoms with Crippen molar-refractivity contribution >= 4 is 29.9 Å².